The number of carbonyl (C=O) groups is 1. The second-order valence-electron chi connectivity index (χ2n) is 5.06. The van der Waals surface area contributed by atoms with Gasteiger partial charge in [0.05, 0.1) is 22.4 Å². The summed E-state index contributed by atoms with van der Waals surface area (Å²) in [5.41, 5.74) is 0.442. The van der Waals surface area contributed by atoms with Crippen molar-refractivity contribution in [3.05, 3.63) is 70.8 Å². The quantitative estimate of drug-likeness (QED) is 0.383. The smallest absolute Gasteiger partial charge is 0.323 e. The Hall–Kier alpha value is -3.61. The van der Waals surface area contributed by atoms with E-state index in [0.29, 0.717) is 5.69 Å². The lowest BCUT2D eigenvalue weighted by atomic mass is 10.1. The van der Waals surface area contributed by atoms with Gasteiger partial charge in [0.2, 0.25) is 0 Å². The number of aromatic hydroxyl groups is 1. The highest BCUT2D eigenvalue weighted by Gasteiger charge is 2.12. The van der Waals surface area contributed by atoms with Crippen molar-refractivity contribution >= 4 is 33.9 Å². The largest absolute Gasteiger partial charge is 0.506 e. The van der Waals surface area contributed by atoms with Crippen LogP contribution in [0.15, 0.2) is 60.7 Å². The number of fused-ring (bicyclic) bond motifs is 1. The van der Waals surface area contributed by atoms with Crippen LogP contribution < -0.4 is 10.6 Å². The zero-order chi connectivity index (χ0) is 17.1. The third-order valence-electron chi connectivity index (χ3n) is 3.48. The third kappa shape index (κ3) is 3.09. The van der Waals surface area contributed by atoms with Crippen LogP contribution in [0.2, 0.25) is 0 Å². The minimum Gasteiger partial charge on any atom is -0.506 e. The average molecular weight is 323 g/mol. The molecule has 24 heavy (non-hydrogen) atoms. The van der Waals surface area contributed by atoms with Crippen molar-refractivity contribution in [1.29, 1.82) is 0 Å². The van der Waals surface area contributed by atoms with Crippen LogP contribution in [0, 0.1) is 10.1 Å². The Labute approximate surface area is 136 Å². The molecule has 3 rings (SSSR count). The molecule has 0 atom stereocenters. The summed E-state index contributed by atoms with van der Waals surface area (Å²) in [5.74, 6) is -0.378. The number of rotatable bonds is 3. The highest BCUT2D eigenvalue weighted by molar-refractivity contribution is 6.06. The molecule has 0 radical (unpaired) electrons. The molecule has 0 aromatic heterocycles. The highest BCUT2D eigenvalue weighted by Crippen LogP contribution is 2.28. The summed E-state index contributed by atoms with van der Waals surface area (Å²) in [5, 5.41) is 27.5. The Kier molecular flexibility index (Phi) is 3.98. The van der Waals surface area contributed by atoms with Crippen molar-refractivity contribution < 1.29 is 14.8 Å². The highest BCUT2D eigenvalue weighted by atomic mass is 16.6. The first-order valence-corrected chi connectivity index (χ1v) is 7.08. The van der Waals surface area contributed by atoms with Crippen molar-refractivity contribution in [2.24, 2.45) is 0 Å². The monoisotopic (exact) mass is 323 g/mol. The van der Waals surface area contributed by atoms with E-state index in [2.05, 4.69) is 10.6 Å². The zero-order valence-electron chi connectivity index (χ0n) is 12.4. The number of urea groups is 1. The lowest BCUT2D eigenvalue weighted by molar-refractivity contribution is -0.384. The number of anilines is 2. The lowest BCUT2D eigenvalue weighted by Crippen LogP contribution is -2.19. The molecule has 0 aliphatic rings. The fraction of sp³-hybridized carbons (Fsp3) is 0. The Balaban J connectivity index is 1.79. The molecule has 7 heteroatoms. The number of benzene rings is 3. The number of non-ortho nitro benzene ring substituents is 1. The molecular weight excluding hydrogens is 310 g/mol. The molecule has 0 fully saturated rings. The third-order valence-corrected chi connectivity index (χ3v) is 3.48. The molecule has 0 saturated heterocycles. The molecule has 0 aliphatic carbocycles. The second-order valence-corrected chi connectivity index (χ2v) is 5.06. The molecule has 120 valence electrons. The first kappa shape index (κ1) is 15.3. The Morgan fingerprint density at radius 2 is 1.67 bits per heavy atom. The van der Waals surface area contributed by atoms with Crippen LogP contribution >= 0.6 is 0 Å². The van der Waals surface area contributed by atoms with Gasteiger partial charge in [-0.15, -0.1) is 0 Å². The number of carbonyl (C=O) groups excluding carboxylic acids is 1. The number of hydrogen-bond donors (Lipinski definition) is 3. The van der Waals surface area contributed by atoms with Crippen LogP contribution in [0.5, 0.6) is 5.75 Å². The van der Waals surface area contributed by atoms with Gasteiger partial charge < -0.3 is 15.7 Å². The van der Waals surface area contributed by atoms with Crippen LogP contribution in [-0.2, 0) is 0 Å². The van der Waals surface area contributed by atoms with Gasteiger partial charge in [-0.2, -0.15) is 0 Å². The van der Waals surface area contributed by atoms with E-state index in [1.807, 2.05) is 36.4 Å². The van der Waals surface area contributed by atoms with Crippen LogP contribution in [0.4, 0.5) is 21.9 Å². The first-order valence-electron chi connectivity index (χ1n) is 7.08. The summed E-state index contributed by atoms with van der Waals surface area (Å²) >= 11 is 0. The van der Waals surface area contributed by atoms with E-state index in [0.717, 1.165) is 16.8 Å². The molecule has 0 heterocycles. The molecule has 0 unspecified atom stereocenters. The number of nitro benzene ring substituents is 1. The van der Waals surface area contributed by atoms with E-state index >= 15 is 0 Å². The summed E-state index contributed by atoms with van der Waals surface area (Å²) in [4.78, 5) is 22.2. The van der Waals surface area contributed by atoms with Gasteiger partial charge in [-0.25, -0.2) is 4.79 Å². The van der Waals surface area contributed by atoms with E-state index in [4.69, 9.17) is 0 Å². The van der Waals surface area contributed by atoms with Crippen molar-refractivity contribution in [1.82, 2.24) is 0 Å². The van der Waals surface area contributed by atoms with Gasteiger partial charge in [0, 0.05) is 11.5 Å². The molecular formula is C17H13N3O4. The van der Waals surface area contributed by atoms with E-state index in [9.17, 15) is 20.0 Å². The molecule has 0 spiro atoms. The zero-order valence-corrected chi connectivity index (χ0v) is 12.4. The maximum atomic E-state index is 12.1. The molecule has 3 aromatic carbocycles. The van der Waals surface area contributed by atoms with Gasteiger partial charge in [0.25, 0.3) is 5.69 Å². The molecule has 7 nitrogen and oxygen atoms in total. The Morgan fingerprint density at radius 1 is 0.958 bits per heavy atom. The summed E-state index contributed by atoms with van der Waals surface area (Å²) in [6.07, 6.45) is 0. The first-order chi connectivity index (χ1) is 11.5. The van der Waals surface area contributed by atoms with Gasteiger partial charge >= 0.3 is 6.03 Å². The fourth-order valence-corrected chi connectivity index (χ4v) is 2.35. The molecule has 2 amide bonds. The van der Waals surface area contributed by atoms with Gasteiger partial charge in [-0.1, -0.05) is 36.4 Å². The van der Waals surface area contributed by atoms with Crippen LogP contribution in [0.3, 0.4) is 0 Å². The van der Waals surface area contributed by atoms with Crippen molar-refractivity contribution in [2.45, 2.75) is 0 Å². The van der Waals surface area contributed by atoms with E-state index in [1.54, 1.807) is 6.07 Å². The Morgan fingerprint density at radius 3 is 2.42 bits per heavy atom. The number of phenolic OH excluding ortho intramolecular Hbond substituents is 1. The van der Waals surface area contributed by atoms with Gasteiger partial charge in [0.15, 0.2) is 0 Å². The minimum absolute atomic E-state index is 0.0818. The maximum absolute atomic E-state index is 12.1. The lowest BCUT2D eigenvalue weighted by Gasteiger charge is -2.11. The number of phenols is 1. The second kappa shape index (κ2) is 6.25. The molecule has 0 bridgehead atoms. The number of nitro groups is 1. The standard InChI is InChI=1S/C17H13N3O4/c21-16-10-12(20(23)24)8-9-15(16)19-17(22)18-14-7-3-5-11-4-1-2-6-13(11)14/h1-10,21H,(H2,18,19,22). The van der Waals surface area contributed by atoms with Crippen LogP contribution in [-0.4, -0.2) is 16.1 Å². The number of nitrogens with zero attached hydrogens (tertiary/aromatic N) is 1. The van der Waals surface area contributed by atoms with E-state index in [1.165, 1.54) is 12.1 Å². The summed E-state index contributed by atoms with van der Waals surface area (Å²) in [6, 6.07) is 16.0. The molecule has 0 aliphatic heterocycles. The number of nitrogens with one attached hydrogen (secondary N) is 2. The Bertz CT molecular complexity index is 935. The van der Waals surface area contributed by atoms with Crippen molar-refractivity contribution in [2.75, 3.05) is 10.6 Å². The van der Waals surface area contributed by atoms with Gasteiger partial charge in [-0.05, 0) is 17.5 Å². The molecule has 3 aromatic rings. The summed E-state index contributed by atoms with van der Waals surface area (Å²) in [6.45, 7) is 0. The summed E-state index contributed by atoms with van der Waals surface area (Å²) < 4.78 is 0. The maximum Gasteiger partial charge on any atom is 0.323 e. The van der Waals surface area contributed by atoms with Gasteiger partial charge in [-0.3, -0.25) is 10.1 Å². The number of amides is 2. The predicted molar refractivity (Wildman–Crippen MR) is 91.4 cm³/mol. The van der Waals surface area contributed by atoms with Crippen molar-refractivity contribution in [3.63, 3.8) is 0 Å². The number of hydrogen-bond acceptors (Lipinski definition) is 4. The topological polar surface area (TPSA) is 104 Å². The van der Waals surface area contributed by atoms with Crippen LogP contribution in [0.1, 0.15) is 0 Å². The minimum atomic E-state index is -0.625. The van der Waals surface area contributed by atoms with Gasteiger partial charge in [0.1, 0.15) is 5.75 Å². The van der Waals surface area contributed by atoms with E-state index in [-0.39, 0.29) is 17.1 Å². The summed E-state index contributed by atoms with van der Waals surface area (Å²) in [7, 11) is 0. The fourth-order valence-electron chi connectivity index (χ4n) is 2.35. The van der Waals surface area contributed by atoms with Crippen LogP contribution in [0.25, 0.3) is 10.8 Å². The van der Waals surface area contributed by atoms with E-state index < -0.39 is 11.0 Å². The molecule has 3 N–H and O–H groups in total. The SMILES string of the molecule is O=C(Nc1ccc([N+](=O)[O-])cc1O)Nc1cccc2ccccc12. The van der Waals surface area contributed by atoms with Crippen molar-refractivity contribution in [3.8, 4) is 5.75 Å². The normalized spacial score (nSPS) is 10.3. The average Bonchev–Trinajstić information content (AvgIpc) is 2.57. The molecule has 0 saturated carbocycles. The predicted octanol–water partition coefficient (Wildman–Crippen LogP) is 4.10.